The molecule has 0 bridgehead atoms. The Labute approximate surface area is 204 Å². The van der Waals surface area contributed by atoms with Gasteiger partial charge in [-0.3, -0.25) is 4.79 Å². The van der Waals surface area contributed by atoms with Crippen molar-refractivity contribution in [2.75, 3.05) is 19.0 Å². The maximum Gasteiger partial charge on any atom is 0.262 e. The normalized spacial score (nSPS) is 11.3. The maximum atomic E-state index is 12.5. The van der Waals surface area contributed by atoms with Crippen molar-refractivity contribution >= 4 is 34.3 Å². The van der Waals surface area contributed by atoms with Gasteiger partial charge in [-0.15, -0.1) is 0 Å². The first-order valence-electron chi connectivity index (χ1n) is 11.2. The average molecular weight is 467 g/mol. The number of para-hydroxylation sites is 3. The number of aromatic nitrogens is 2. The number of nitrogens with zero attached hydrogens (tertiary/aromatic N) is 2. The molecule has 1 aromatic heterocycles. The van der Waals surface area contributed by atoms with E-state index in [-0.39, 0.29) is 18.4 Å². The molecule has 7 nitrogen and oxygen atoms in total. The Kier molecular flexibility index (Phi) is 7.12. The van der Waals surface area contributed by atoms with E-state index in [2.05, 4.69) is 35.2 Å². The smallest absolute Gasteiger partial charge is 0.262 e. The number of rotatable bonds is 8. The lowest BCUT2D eigenvalue weighted by atomic mass is 10.0. The van der Waals surface area contributed by atoms with Gasteiger partial charge in [0.25, 0.3) is 5.91 Å². The van der Waals surface area contributed by atoms with Gasteiger partial charge < -0.3 is 19.8 Å². The van der Waals surface area contributed by atoms with E-state index < -0.39 is 0 Å². The summed E-state index contributed by atoms with van der Waals surface area (Å²) in [6.45, 7) is 3.99. The summed E-state index contributed by atoms with van der Waals surface area (Å²) in [6, 6.07) is 22.8. The number of carbonyl (C=O) groups excluding carboxylic acids is 1. The molecule has 0 unspecified atom stereocenters. The van der Waals surface area contributed by atoms with Crippen LogP contribution in [-0.4, -0.2) is 29.6 Å². The molecule has 0 atom stereocenters. The fourth-order valence-electron chi connectivity index (χ4n) is 3.74. The Balaban J connectivity index is 1.48. The Morgan fingerprint density at radius 2 is 1.89 bits per heavy atom. The quantitative estimate of drug-likeness (QED) is 0.321. The molecule has 176 valence electrons. The molecule has 1 heterocycles. The van der Waals surface area contributed by atoms with E-state index in [9.17, 15) is 10.1 Å². The molecule has 0 aliphatic carbocycles. The van der Waals surface area contributed by atoms with Gasteiger partial charge in [0.2, 0.25) is 0 Å². The standard InChI is InChI=1S/C28H26N4O3/c1-18(2)21-8-4-5-9-22(21)30-27(33)17-35-25-13-12-19(15-26(25)34-3)14-20(16-29)28-31-23-10-6-7-11-24(23)32-28/h4-15,18H,17H2,1-3H3,(H,30,33)(H,31,32)/b20-14+. The zero-order chi connectivity index (χ0) is 24.8. The molecule has 0 aliphatic rings. The van der Waals surface area contributed by atoms with Crippen LogP contribution in [0.3, 0.4) is 0 Å². The van der Waals surface area contributed by atoms with E-state index in [1.807, 2.05) is 48.5 Å². The molecule has 4 aromatic rings. The maximum absolute atomic E-state index is 12.5. The van der Waals surface area contributed by atoms with E-state index in [4.69, 9.17) is 9.47 Å². The van der Waals surface area contributed by atoms with Crippen molar-refractivity contribution in [2.45, 2.75) is 19.8 Å². The van der Waals surface area contributed by atoms with Crippen LogP contribution >= 0.6 is 0 Å². The lowest BCUT2D eigenvalue weighted by Crippen LogP contribution is -2.21. The number of benzene rings is 3. The minimum atomic E-state index is -0.263. The van der Waals surface area contributed by atoms with Gasteiger partial charge in [0.05, 0.1) is 23.7 Å². The van der Waals surface area contributed by atoms with Crippen LogP contribution in [0.1, 0.15) is 36.7 Å². The molecule has 3 aromatic carbocycles. The molecular weight excluding hydrogens is 440 g/mol. The minimum Gasteiger partial charge on any atom is -0.493 e. The van der Waals surface area contributed by atoms with Gasteiger partial charge in [-0.05, 0) is 53.5 Å². The minimum absolute atomic E-state index is 0.166. The SMILES string of the molecule is COc1cc(/C=C(\C#N)c2nc3ccccc3[nH]2)ccc1OCC(=O)Nc1ccccc1C(C)C. The van der Waals surface area contributed by atoms with E-state index in [0.717, 1.165) is 27.8 Å². The van der Waals surface area contributed by atoms with Crippen molar-refractivity contribution in [1.29, 1.82) is 5.26 Å². The number of hydrogen-bond donors (Lipinski definition) is 2. The number of amides is 1. The zero-order valence-electron chi connectivity index (χ0n) is 19.8. The van der Waals surface area contributed by atoms with Crippen LogP contribution < -0.4 is 14.8 Å². The lowest BCUT2D eigenvalue weighted by molar-refractivity contribution is -0.118. The number of ether oxygens (including phenoxy) is 2. The van der Waals surface area contributed by atoms with Crippen LogP contribution in [0.25, 0.3) is 22.7 Å². The summed E-state index contributed by atoms with van der Waals surface area (Å²) in [6.07, 6.45) is 1.72. The first-order valence-corrected chi connectivity index (χ1v) is 11.2. The predicted molar refractivity (Wildman–Crippen MR) is 137 cm³/mol. The lowest BCUT2D eigenvalue weighted by Gasteiger charge is -2.15. The molecule has 7 heteroatoms. The molecule has 2 N–H and O–H groups in total. The summed E-state index contributed by atoms with van der Waals surface area (Å²) in [7, 11) is 1.53. The highest BCUT2D eigenvalue weighted by Crippen LogP contribution is 2.30. The van der Waals surface area contributed by atoms with Crippen molar-refractivity contribution in [3.05, 3.63) is 83.7 Å². The number of aromatic amines is 1. The monoisotopic (exact) mass is 466 g/mol. The Hall–Kier alpha value is -4.57. The van der Waals surface area contributed by atoms with Gasteiger partial charge in [-0.25, -0.2) is 4.98 Å². The van der Waals surface area contributed by atoms with E-state index in [0.29, 0.717) is 22.9 Å². The van der Waals surface area contributed by atoms with E-state index >= 15 is 0 Å². The first kappa shape index (κ1) is 23.6. The second-order valence-corrected chi connectivity index (χ2v) is 8.26. The third kappa shape index (κ3) is 5.50. The fourth-order valence-corrected chi connectivity index (χ4v) is 3.74. The van der Waals surface area contributed by atoms with Crippen molar-refractivity contribution in [3.63, 3.8) is 0 Å². The second kappa shape index (κ2) is 10.6. The van der Waals surface area contributed by atoms with Gasteiger partial charge in [0.15, 0.2) is 18.1 Å². The third-order valence-corrected chi connectivity index (χ3v) is 5.48. The van der Waals surface area contributed by atoms with E-state index in [1.54, 1.807) is 24.3 Å². The number of imidazole rings is 1. The number of allylic oxidation sites excluding steroid dienone is 1. The number of carbonyl (C=O) groups is 1. The Morgan fingerprint density at radius 1 is 1.11 bits per heavy atom. The zero-order valence-corrected chi connectivity index (χ0v) is 19.8. The fraction of sp³-hybridized carbons (Fsp3) is 0.179. The van der Waals surface area contributed by atoms with Gasteiger partial charge in [0.1, 0.15) is 11.9 Å². The second-order valence-electron chi connectivity index (χ2n) is 8.26. The molecule has 0 saturated carbocycles. The number of anilines is 1. The molecule has 0 aliphatic heterocycles. The molecule has 0 saturated heterocycles. The summed E-state index contributed by atoms with van der Waals surface area (Å²) in [5.74, 6) is 1.40. The molecule has 0 spiro atoms. The highest BCUT2D eigenvalue weighted by molar-refractivity contribution is 5.93. The van der Waals surface area contributed by atoms with Crippen LogP contribution in [0.5, 0.6) is 11.5 Å². The molecule has 4 rings (SSSR count). The number of H-pyrrole nitrogens is 1. The Bertz CT molecular complexity index is 1400. The van der Waals surface area contributed by atoms with Gasteiger partial charge >= 0.3 is 0 Å². The van der Waals surface area contributed by atoms with Crippen LogP contribution in [0.15, 0.2) is 66.7 Å². The first-order chi connectivity index (χ1) is 17.0. The van der Waals surface area contributed by atoms with Crippen LogP contribution in [-0.2, 0) is 4.79 Å². The summed E-state index contributed by atoms with van der Waals surface area (Å²) in [5, 5.41) is 12.6. The highest BCUT2D eigenvalue weighted by Gasteiger charge is 2.13. The number of hydrogen-bond acceptors (Lipinski definition) is 5. The Morgan fingerprint density at radius 3 is 2.63 bits per heavy atom. The highest BCUT2D eigenvalue weighted by atomic mass is 16.5. The number of methoxy groups -OCH3 is 1. The number of fused-ring (bicyclic) bond motifs is 1. The summed E-state index contributed by atoms with van der Waals surface area (Å²) in [4.78, 5) is 20.2. The van der Waals surface area contributed by atoms with Crippen LogP contribution in [0.2, 0.25) is 0 Å². The van der Waals surface area contributed by atoms with Gasteiger partial charge in [0, 0.05) is 5.69 Å². The summed E-state index contributed by atoms with van der Waals surface area (Å²) in [5.41, 5.74) is 4.62. The predicted octanol–water partition coefficient (Wildman–Crippen LogP) is 5.78. The molecule has 0 radical (unpaired) electrons. The molecule has 35 heavy (non-hydrogen) atoms. The van der Waals surface area contributed by atoms with Crippen molar-refractivity contribution in [3.8, 4) is 17.6 Å². The van der Waals surface area contributed by atoms with Gasteiger partial charge in [-0.2, -0.15) is 5.26 Å². The topological polar surface area (TPSA) is 100 Å². The van der Waals surface area contributed by atoms with Crippen molar-refractivity contribution in [1.82, 2.24) is 9.97 Å². The van der Waals surface area contributed by atoms with Crippen LogP contribution in [0, 0.1) is 11.3 Å². The van der Waals surface area contributed by atoms with Gasteiger partial charge in [-0.1, -0.05) is 50.2 Å². The molecule has 1 amide bonds. The number of nitriles is 1. The number of nitrogens with one attached hydrogen (secondary N) is 2. The van der Waals surface area contributed by atoms with Crippen LogP contribution in [0.4, 0.5) is 5.69 Å². The average Bonchev–Trinajstić information content (AvgIpc) is 3.30. The molecule has 0 fully saturated rings. The van der Waals surface area contributed by atoms with Crippen molar-refractivity contribution < 1.29 is 14.3 Å². The van der Waals surface area contributed by atoms with E-state index in [1.165, 1.54) is 7.11 Å². The summed E-state index contributed by atoms with van der Waals surface area (Å²) >= 11 is 0. The summed E-state index contributed by atoms with van der Waals surface area (Å²) < 4.78 is 11.2. The molecular formula is C28H26N4O3. The van der Waals surface area contributed by atoms with Crippen molar-refractivity contribution in [2.24, 2.45) is 0 Å². The third-order valence-electron chi connectivity index (χ3n) is 5.48. The largest absolute Gasteiger partial charge is 0.493 e.